The fourth-order valence-electron chi connectivity index (χ4n) is 2.07. The summed E-state index contributed by atoms with van der Waals surface area (Å²) < 4.78 is 6.73. The zero-order valence-corrected chi connectivity index (χ0v) is 10.8. The number of hydrogen-bond acceptors (Lipinski definition) is 3. The van der Waals surface area contributed by atoms with Crippen molar-refractivity contribution in [3.8, 4) is 0 Å². The number of hydrogen-bond donors (Lipinski definition) is 0. The number of nitrogens with zero attached hydrogens (tertiary/aromatic N) is 2. The Morgan fingerprint density at radius 1 is 1.33 bits per heavy atom. The highest BCUT2D eigenvalue weighted by atomic mass is 16.5. The van der Waals surface area contributed by atoms with Crippen molar-refractivity contribution in [3.05, 3.63) is 30.0 Å². The van der Waals surface area contributed by atoms with Gasteiger partial charge in [-0.25, -0.2) is 0 Å². The number of aryl methyl sites for hydroxylation is 1. The number of aromatic nitrogens is 2. The third-order valence-corrected chi connectivity index (χ3v) is 3.02. The number of carbonyl (C=O) groups excluding carboxylic acids is 1. The molecule has 0 aliphatic heterocycles. The molecule has 18 heavy (non-hydrogen) atoms. The quantitative estimate of drug-likeness (QED) is 0.581. The molecule has 0 fully saturated rings. The van der Waals surface area contributed by atoms with Crippen LogP contribution in [0.3, 0.4) is 0 Å². The van der Waals surface area contributed by atoms with E-state index in [9.17, 15) is 4.79 Å². The van der Waals surface area contributed by atoms with Crippen LogP contribution in [-0.4, -0.2) is 29.3 Å². The molecule has 0 atom stereocenters. The maximum atomic E-state index is 12.1. The minimum absolute atomic E-state index is 0.114. The summed E-state index contributed by atoms with van der Waals surface area (Å²) in [6.07, 6.45) is 2.29. The standard InChI is InChI=1S/C14H18N2O2/c1-16-12-8-4-3-7-11(12)14(15-16)13(17)9-5-6-10-18-2/h3-4,7-8H,5-6,9-10H2,1-2H3. The van der Waals surface area contributed by atoms with Crippen molar-refractivity contribution in [1.29, 1.82) is 0 Å². The summed E-state index contributed by atoms with van der Waals surface area (Å²) >= 11 is 0. The van der Waals surface area contributed by atoms with Gasteiger partial charge in [0.2, 0.25) is 0 Å². The summed E-state index contributed by atoms with van der Waals surface area (Å²) in [6, 6.07) is 7.82. The zero-order chi connectivity index (χ0) is 13.0. The SMILES string of the molecule is COCCCCC(=O)c1nn(C)c2ccccc12. The fourth-order valence-corrected chi connectivity index (χ4v) is 2.07. The smallest absolute Gasteiger partial charge is 0.183 e. The molecule has 96 valence electrons. The van der Waals surface area contributed by atoms with E-state index in [2.05, 4.69) is 5.10 Å². The van der Waals surface area contributed by atoms with E-state index in [0.717, 1.165) is 23.7 Å². The van der Waals surface area contributed by atoms with Gasteiger partial charge in [-0.3, -0.25) is 9.48 Å². The molecule has 0 saturated heterocycles. The van der Waals surface area contributed by atoms with Crippen LogP contribution in [0.4, 0.5) is 0 Å². The highest BCUT2D eigenvalue weighted by Gasteiger charge is 2.14. The van der Waals surface area contributed by atoms with Crippen molar-refractivity contribution in [2.75, 3.05) is 13.7 Å². The Morgan fingerprint density at radius 3 is 2.89 bits per heavy atom. The lowest BCUT2D eigenvalue weighted by Gasteiger charge is -1.98. The molecule has 4 nitrogen and oxygen atoms in total. The number of ketones is 1. The van der Waals surface area contributed by atoms with Gasteiger partial charge < -0.3 is 4.74 Å². The maximum absolute atomic E-state index is 12.1. The summed E-state index contributed by atoms with van der Waals surface area (Å²) in [5.41, 5.74) is 1.59. The topological polar surface area (TPSA) is 44.1 Å². The lowest BCUT2D eigenvalue weighted by molar-refractivity contribution is 0.0971. The second-order valence-electron chi connectivity index (χ2n) is 4.36. The Labute approximate surface area is 107 Å². The normalized spacial score (nSPS) is 11.0. The first-order valence-corrected chi connectivity index (χ1v) is 6.18. The van der Waals surface area contributed by atoms with E-state index in [0.29, 0.717) is 18.7 Å². The van der Waals surface area contributed by atoms with Crippen molar-refractivity contribution < 1.29 is 9.53 Å². The van der Waals surface area contributed by atoms with Gasteiger partial charge in [-0.1, -0.05) is 18.2 Å². The molecule has 1 aromatic carbocycles. The average molecular weight is 246 g/mol. The summed E-state index contributed by atoms with van der Waals surface area (Å²) in [7, 11) is 3.54. The van der Waals surface area contributed by atoms with Gasteiger partial charge in [-0.15, -0.1) is 0 Å². The van der Waals surface area contributed by atoms with Crippen LogP contribution in [0.2, 0.25) is 0 Å². The summed E-state index contributed by atoms with van der Waals surface area (Å²) in [6.45, 7) is 0.705. The number of fused-ring (bicyclic) bond motifs is 1. The number of rotatable bonds is 6. The summed E-state index contributed by atoms with van der Waals surface area (Å²) in [5, 5.41) is 5.27. The molecular weight excluding hydrogens is 228 g/mol. The van der Waals surface area contributed by atoms with Crippen molar-refractivity contribution in [2.45, 2.75) is 19.3 Å². The van der Waals surface area contributed by atoms with E-state index in [1.165, 1.54) is 0 Å². The minimum atomic E-state index is 0.114. The van der Waals surface area contributed by atoms with Crippen LogP contribution in [0.5, 0.6) is 0 Å². The molecule has 0 saturated carbocycles. The molecular formula is C14H18N2O2. The van der Waals surface area contributed by atoms with Crippen LogP contribution in [0, 0.1) is 0 Å². The summed E-state index contributed by atoms with van der Waals surface area (Å²) in [5.74, 6) is 0.114. The van der Waals surface area contributed by atoms with E-state index < -0.39 is 0 Å². The van der Waals surface area contributed by atoms with Gasteiger partial charge in [0.05, 0.1) is 5.52 Å². The van der Waals surface area contributed by atoms with Crippen molar-refractivity contribution in [3.63, 3.8) is 0 Å². The number of unbranched alkanes of at least 4 members (excludes halogenated alkanes) is 1. The van der Waals surface area contributed by atoms with Gasteiger partial charge >= 0.3 is 0 Å². The molecule has 0 spiro atoms. The molecule has 0 unspecified atom stereocenters. The van der Waals surface area contributed by atoms with E-state index in [1.54, 1.807) is 11.8 Å². The van der Waals surface area contributed by atoms with E-state index in [4.69, 9.17) is 4.74 Å². The molecule has 0 N–H and O–H groups in total. The Hall–Kier alpha value is -1.68. The third kappa shape index (κ3) is 2.59. The molecule has 0 radical (unpaired) electrons. The second-order valence-corrected chi connectivity index (χ2v) is 4.36. The van der Waals surface area contributed by atoms with Gasteiger partial charge in [0.15, 0.2) is 5.78 Å². The highest BCUT2D eigenvalue weighted by Crippen LogP contribution is 2.19. The molecule has 0 aliphatic carbocycles. The van der Waals surface area contributed by atoms with Crippen LogP contribution in [-0.2, 0) is 11.8 Å². The molecule has 0 aliphatic rings. The van der Waals surface area contributed by atoms with E-state index in [-0.39, 0.29) is 5.78 Å². The Bertz CT molecular complexity index is 546. The third-order valence-electron chi connectivity index (χ3n) is 3.02. The summed E-state index contributed by atoms with van der Waals surface area (Å²) in [4.78, 5) is 12.1. The number of para-hydroxylation sites is 1. The first-order chi connectivity index (χ1) is 8.74. The van der Waals surface area contributed by atoms with Crippen LogP contribution >= 0.6 is 0 Å². The Kier molecular flexibility index (Phi) is 4.10. The molecule has 0 bridgehead atoms. The predicted molar refractivity (Wildman–Crippen MR) is 70.8 cm³/mol. The van der Waals surface area contributed by atoms with Gasteiger partial charge in [-0.2, -0.15) is 5.10 Å². The van der Waals surface area contributed by atoms with Crippen molar-refractivity contribution >= 4 is 16.7 Å². The van der Waals surface area contributed by atoms with Crippen molar-refractivity contribution in [2.24, 2.45) is 7.05 Å². The van der Waals surface area contributed by atoms with Crippen molar-refractivity contribution in [1.82, 2.24) is 9.78 Å². The predicted octanol–water partition coefficient (Wildman–Crippen LogP) is 2.57. The molecule has 1 aromatic heterocycles. The molecule has 2 aromatic rings. The molecule has 0 amide bonds. The first-order valence-electron chi connectivity index (χ1n) is 6.18. The second kappa shape index (κ2) is 5.78. The zero-order valence-electron chi connectivity index (χ0n) is 10.8. The van der Waals surface area contributed by atoms with Crippen LogP contribution < -0.4 is 0 Å². The largest absolute Gasteiger partial charge is 0.385 e. The lowest BCUT2D eigenvalue weighted by atomic mass is 10.1. The van der Waals surface area contributed by atoms with Gasteiger partial charge in [0.1, 0.15) is 5.69 Å². The number of ether oxygens (including phenoxy) is 1. The van der Waals surface area contributed by atoms with Gasteiger partial charge in [0.25, 0.3) is 0 Å². The van der Waals surface area contributed by atoms with E-state index >= 15 is 0 Å². The number of methoxy groups -OCH3 is 1. The monoisotopic (exact) mass is 246 g/mol. The number of benzene rings is 1. The van der Waals surface area contributed by atoms with Crippen LogP contribution in [0.15, 0.2) is 24.3 Å². The molecule has 2 rings (SSSR count). The Balaban J connectivity index is 2.13. The fraction of sp³-hybridized carbons (Fsp3) is 0.429. The van der Waals surface area contributed by atoms with Crippen LogP contribution in [0.1, 0.15) is 29.8 Å². The highest BCUT2D eigenvalue weighted by molar-refractivity contribution is 6.05. The Morgan fingerprint density at radius 2 is 2.11 bits per heavy atom. The number of carbonyl (C=O) groups is 1. The first kappa shape index (κ1) is 12.8. The minimum Gasteiger partial charge on any atom is -0.385 e. The van der Waals surface area contributed by atoms with Crippen LogP contribution in [0.25, 0.3) is 10.9 Å². The molecule has 1 heterocycles. The van der Waals surface area contributed by atoms with Gasteiger partial charge in [0, 0.05) is 32.6 Å². The maximum Gasteiger partial charge on any atom is 0.183 e. The number of Topliss-reactive ketones (excluding diaryl/α,β-unsaturated/α-hetero) is 1. The lowest BCUT2D eigenvalue weighted by Crippen LogP contribution is -2.02. The van der Waals surface area contributed by atoms with E-state index in [1.807, 2.05) is 31.3 Å². The molecule has 4 heteroatoms. The van der Waals surface area contributed by atoms with Gasteiger partial charge in [-0.05, 0) is 18.9 Å². The average Bonchev–Trinajstić information content (AvgIpc) is 2.73.